The van der Waals surface area contributed by atoms with Crippen LogP contribution >= 0.6 is 0 Å². The van der Waals surface area contributed by atoms with Gasteiger partial charge in [0.15, 0.2) is 11.5 Å². The van der Waals surface area contributed by atoms with Crippen LogP contribution in [0, 0.1) is 12.3 Å². The first-order valence-corrected chi connectivity index (χ1v) is 12.7. The molecule has 1 aliphatic carbocycles. The normalized spacial score (nSPS) is 16.7. The molecule has 1 heterocycles. The Kier molecular flexibility index (Phi) is 9.24. The minimum absolute atomic E-state index is 0.0839. The van der Waals surface area contributed by atoms with Gasteiger partial charge in [-0.2, -0.15) is 0 Å². The molecule has 0 unspecified atom stereocenters. The fraction of sp³-hybridized carbons (Fsp3) is 0.500. The molecule has 0 saturated heterocycles. The maximum atomic E-state index is 11.9. The van der Waals surface area contributed by atoms with E-state index >= 15 is 0 Å². The number of allylic oxidation sites excluding steroid dienone is 1. The van der Waals surface area contributed by atoms with E-state index in [2.05, 4.69) is 17.5 Å². The zero-order chi connectivity index (χ0) is 27.3. The predicted octanol–water partition coefficient (Wildman–Crippen LogP) is 6.00. The van der Waals surface area contributed by atoms with E-state index in [1.165, 1.54) is 0 Å². The SMILES string of the molecule is CC.CC(=CC(C)(C)CO)c1ccc(C)cc1N.CNC(=O)C1(c2ccc3c(c2)OC(C)(C)O3)CC1. The summed E-state index contributed by atoms with van der Waals surface area (Å²) < 4.78 is 11.4. The van der Waals surface area contributed by atoms with Gasteiger partial charge in [0.05, 0.1) is 12.0 Å². The zero-order valence-electron chi connectivity index (χ0n) is 23.4. The maximum Gasteiger partial charge on any atom is 0.246 e. The molecule has 0 radical (unpaired) electrons. The largest absolute Gasteiger partial charge is 0.449 e. The molecule has 36 heavy (non-hydrogen) atoms. The number of likely N-dealkylation sites (N-methyl/N-ethyl adjacent to an activating group) is 1. The Balaban J connectivity index is 0.000000239. The number of nitrogens with one attached hydrogen (secondary N) is 1. The highest BCUT2D eigenvalue weighted by atomic mass is 16.7. The second-order valence-corrected chi connectivity index (χ2v) is 10.5. The van der Waals surface area contributed by atoms with Gasteiger partial charge in [0.25, 0.3) is 0 Å². The average Bonchev–Trinajstić information content (AvgIpc) is 3.56. The highest BCUT2D eigenvalue weighted by Gasteiger charge is 2.51. The molecular weight excluding hydrogens is 452 g/mol. The number of hydrogen-bond acceptors (Lipinski definition) is 5. The van der Waals surface area contributed by atoms with Gasteiger partial charge in [0.2, 0.25) is 11.7 Å². The average molecular weight is 497 g/mol. The quantitative estimate of drug-likeness (QED) is 0.442. The summed E-state index contributed by atoms with van der Waals surface area (Å²) in [5.74, 6) is 0.940. The number of aryl methyl sites for hydroxylation is 1. The van der Waals surface area contributed by atoms with Crippen molar-refractivity contribution in [3.05, 3.63) is 59.2 Å². The van der Waals surface area contributed by atoms with Crippen molar-refractivity contribution in [2.24, 2.45) is 5.41 Å². The molecule has 0 atom stereocenters. The first kappa shape index (κ1) is 29.2. The molecule has 1 saturated carbocycles. The third-order valence-electron chi connectivity index (χ3n) is 6.27. The lowest BCUT2D eigenvalue weighted by atomic mass is 9.89. The minimum atomic E-state index is -0.620. The summed E-state index contributed by atoms with van der Waals surface area (Å²) in [5.41, 5.74) is 10.6. The molecular formula is C30H44N2O4. The molecule has 1 amide bonds. The number of nitrogen functional groups attached to an aromatic ring is 1. The molecule has 6 heteroatoms. The first-order valence-electron chi connectivity index (χ1n) is 12.7. The second-order valence-electron chi connectivity index (χ2n) is 10.5. The van der Waals surface area contributed by atoms with Gasteiger partial charge in [-0.05, 0) is 61.6 Å². The lowest BCUT2D eigenvalue weighted by Crippen LogP contribution is -2.31. The van der Waals surface area contributed by atoms with Gasteiger partial charge < -0.3 is 25.6 Å². The topological polar surface area (TPSA) is 93.8 Å². The van der Waals surface area contributed by atoms with Crippen molar-refractivity contribution in [1.82, 2.24) is 5.32 Å². The molecule has 1 aliphatic heterocycles. The number of benzene rings is 2. The first-order chi connectivity index (χ1) is 16.8. The minimum Gasteiger partial charge on any atom is -0.449 e. The summed E-state index contributed by atoms with van der Waals surface area (Å²) in [6.45, 7) is 15.9. The number of nitrogens with two attached hydrogens (primary N) is 1. The summed E-state index contributed by atoms with van der Waals surface area (Å²) in [5, 5.41) is 12.0. The van der Waals surface area contributed by atoms with E-state index in [0.29, 0.717) is 0 Å². The number of amides is 1. The van der Waals surface area contributed by atoms with Crippen LogP contribution in [-0.4, -0.2) is 30.5 Å². The van der Waals surface area contributed by atoms with Crippen molar-refractivity contribution in [2.45, 2.75) is 79.4 Å². The van der Waals surface area contributed by atoms with Crippen LogP contribution in [0.25, 0.3) is 5.57 Å². The van der Waals surface area contributed by atoms with Gasteiger partial charge in [0, 0.05) is 37.6 Å². The Morgan fingerprint density at radius 3 is 2.25 bits per heavy atom. The van der Waals surface area contributed by atoms with Crippen molar-refractivity contribution < 1.29 is 19.4 Å². The van der Waals surface area contributed by atoms with Crippen LogP contribution in [0.1, 0.15) is 78.0 Å². The summed E-state index contributed by atoms with van der Waals surface area (Å²) >= 11 is 0. The number of hydrogen-bond donors (Lipinski definition) is 3. The van der Waals surface area contributed by atoms with E-state index in [-0.39, 0.29) is 23.3 Å². The van der Waals surface area contributed by atoms with Crippen molar-refractivity contribution >= 4 is 17.2 Å². The molecule has 1 fully saturated rings. The molecule has 6 nitrogen and oxygen atoms in total. The molecule has 4 N–H and O–H groups in total. The Labute approximate surface area is 216 Å². The maximum absolute atomic E-state index is 11.9. The number of rotatable bonds is 5. The van der Waals surface area contributed by atoms with Crippen LogP contribution in [0.5, 0.6) is 11.5 Å². The number of aliphatic hydroxyl groups excluding tert-OH is 1. The van der Waals surface area contributed by atoms with Gasteiger partial charge in [-0.25, -0.2) is 0 Å². The molecule has 2 aromatic carbocycles. The van der Waals surface area contributed by atoms with E-state index in [1.54, 1.807) is 7.05 Å². The smallest absolute Gasteiger partial charge is 0.246 e. The Morgan fingerprint density at radius 2 is 1.72 bits per heavy atom. The van der Waals surface area contributed by atoms with Crippen LogP contribution in [0.2, 0.25) is 0 Å². The van der Waals surface area contributed by atoms with Crippen LogP contribution in [0.3, 0.4) is 0 Å². The highest BCUT2D eigenvalue weighted by Crippen LogP contribution is 2.51. The molecule has 2 aromatic rings. The second kappa shape index (κ2) is 11.4. The van der Waals surface area contributed by atoms with Gasteiger partial charge in [-0.3, -0.25) is 4.79 Å². The molecule has 0 bridgehead atoms. The predicted molar refractivity (Wildman–Crippen MR) is 148 cm³/mol. The number of carbonyl (C=O) groups excluding carboxylic acids is 1. The van der Waals surface area contributed by atoms with Gasteiger partial charge in [-0.1, -0.05) is 52.0 Å². The Bertz CT molecular complexity index is 1100. The summed E-state index contributed by atoms with van der Waals surface area (Å²) in [4.78, 5) is 11.9. The molecule has 198 valence electrons. The van der Waals surface area contributed by atoms with Gasteiger partial charge in [0.1, 0.15) is 0 Å². The standard InChI is InChI=1S/C14H17NO3.C14H21NO.C2H6/c1-13(2)17-10-5-4-9(8-11(10)18-13)14(6-7-14)12(16)15-3;1-10-5-6-12(13(15)7-10)11(2)8-14(3,4)9-16;1-2/h4-5,8H,6-7H2,1-3H3,(H,15,16);5-8,16H,9,15H2,1-4H3;1-2H3. The Morgan fingerprint density at radius 1 is 1.11 bits per heavy atom. The number of anilines is 1. The van der Waals surface area contributed by atoms with E-state index < -0.39 is 5.79 Å². The van der Waals surface area contributed by atoms with Crippen molar-refractivity contribution in [1.29, 1.82) is 0 Å². The van der Waals surface area contributed by atoms with Crippen LogP contribution in [-0.2, 0) is 10.2 Å². The third kappa shape index (κ3) is 6.82. The highest BCUT2D eigenvalue weighted by molar-refractivity contribution is 5.91. The zero-order valence-corrected chi connectivity index (χ0v) is 23.4. The third-order valence-corrected chi connectivity index (χ3v) is 6.27. The summed E-state index contributed by atoms with van der Waals surface area (Å²) in [6.07, 6.45) is 3.86. The number of fused-ring (bicyclic) bond motifs is 1. The fourth-order valence-corrected chi connectivity index (χ4v) is 4.28. The van der Waals surface area contributed by atoms with Crippen molar-refractivity contribution in [2.75, 3.05) is 19.4 Å². The van der Waals surface area contributed by atoms with Crippen LogP contribution in [0.15, 0.2) is 42.5 Å². The van der Waals surface area contributed by atoms with Crippen LogP contribution in [0.4, 0.5) is 5.69 Å². The monoisotopic (exact) mass is 496 g/mol. The van der Waals surface area contributed by atoms with Crippen molar-refractivity contribution in [3.8, 4) is 11.5 Å². The molecule has 0 aromatic heterocycles. The van der Waals surface area contributed by atoms with E-state index in [4.69, 9.17) is 15.2 Å². The molecule has 2 aliphatic rings. The fourth-order valence-electron chi connectivity index (χ4n) is 4.28. The van der Waals surface area contributed by atoms with Gasteiger partial charge >= 0.3 is 0 Å². The number of carbonyl (C=O) groups is 1. The lowest BCUT2D eigenvalue weighted by molar-refractivity contribution is -0.123. The van der Waals surface area contributed by atoms with E-state index in [1.807, 2.05) is 85.7 Å². The summed E-state index contributed by atoms with van der Waals surface area (Å²) in [6, 6.07) is 11.8. The van der Waals surface area contributed by atoms with Crippen molar-refractivity contribution in [3.63, 3.8) is 0 Å². The van der Waals surface area contributed by atoms with E-state index in [0.717, 1.165) is 52.3 Å². The van der Waals surface area contributed by atoms with Gasteiger partial charge in [-0.15, -0.1) is 0 Å². The lowest BCUT2D eigenvalue weighted by Gasteiger charge is -2.18. The van der Waals surface area contributed by atoms with E-state index in [9.17, 15) is 9.90 Å². The summed E-state index contributed by atoms with van der Waals surface area (Å²) in [7, 11) is 1.68. The number of aliphatic hydroxyl groups is 1. The number of ether oxygens (including phenoxy) is 2. The Hall–Kier alpha value is -2.99. The molecule has 0 spiro atoms. The molecule has 4 rings (SSSR count). The van der Waals surface area contributed by atoms with Crippen LogP contribution < -0.4 is 20.5 Å².